The normalized spacial score (nSPS) is 12.7. The molecule has 170 valence electrons. The van der Waals surface area contributed by atoms with Gasteiger partial charge in [0, 0.05) is 18.3 Å². The third-order valence-electron chi connectivity index (χ3n) is 4.50. The van der Waals surface area contributed by atoms with Gasteiger partial charge in [-0.3, -0.25) is 14.9 Å². The first-order chi connectivity index (χ1) is 15.1. The molecule has 9 nitrogen and oxygen atoms in total. The van der Waals surface area contributed by atoms with Crippen LogP contribution in [0, 0.1) is 10.1 Å². The minimum absolute atomic E-state index is 0.182. The number of rotatable bonds is 9. The number of nitro benzene ring substituents is 1. The molecule has 0 bridgehead atoms. The predicted octanol–water partition coefficient (Wildman–Crippen LogP) is 3.50. The number of hydrogen-bond acceptors (Lipinski definition) is 6. The fourth-order valence-corrected chi connectivity index (χ4v) is 2.87. The number of nitrogens with zero attached hydrogens (tertiary/aromatic N) is 4. The van der Waals surface area contributed by atoms with Crippen molar-refractivity contribution >= 4 is 22.6 Å². The summed E-state index contributed by atoms with van der Waals surface area (Å²) in [7, 11) is 0. The first-order valence-electron chi connectivity index (χ1n) is 9.21. The standard InChI is InChI=1S/C19H17F4N5O4/c1-11(12-5-6-16(24-7-12)32-9-19(22,23)18(20)21)26-15(29)8-27-10-25-13-3-2-4-14(17(13)27)28(30)31/h2-7,10-11,18H,8-9H2,1H3,(H,26,29). The van der Waals surface area contributed by atoms with E-state index >= 15 is 0 Å². The van der Waals surface area contributed by atoms with Gasteiger partial charge in [0.1, 0.15) is 12.1 Å². The predicted molar refractivity (Wildman–Crippen MR) is 104 cm³/mol. The Morgan fingerprint density at radius 3 is 2.66 bits per heavy atom. The van der Waals surface area contributed by atoms with Crippen molar-refractivity contribution < 1.29 is 32.0 Å². The lowest BCUT2D eigenvalue weighted by Gasteiger charge is -2.17. The maximum atomic E-state index is 12.9. The van der Waals surface area contributed by atoms with Gasteiger partial charge in [-0.15, -0.1) is 0 Å². The molecule has 0 fully saturated rings. The van der Waals surface area contributed by atoms with E-state index in [1.165, 1.54) is 41.4 Å². The van der Waals surface area contributed by atoms with Gasteiger partial charge in [0.25, 0.3) is 5.69 Å². The van der Waals surface area contributed by atoms with Crippen LogP contribution in [0.5, 0.6) is 5.88 Å². The zero-order valence-electron chi connectivity index (χ0n) is 16.5. The molecule has 1 atom stereocenters. The Hall–Kier alpha value is -3.77. The maximum absolute atomic E-state index is 12.9. The highest BCUT2D eigenvalue weighted by Gasteiger charge is 2.41. The van der Waals surface area contributed by atoms with Crippen LogP contribution in [0.3, 0.4) is 0 Å². The molecule has 0 aliphatic carbocycles. The minimum atomic E-state index is -4.30. The van der Waals surface area contributed by atoms with E-state index in [2.05, 4.69) is 20.0 Å². The molecule has 0 spiro atoms. The molecular formula is C19H17F4N5O4. The van der Waals surface area contributed by atoms with Crippen LogP contribution in [-0.4, -0.2) is 44.3 Å². The Labute approximate surface area is 178 Å². The number of imidazole rings is 1. The van der Waals surface area contributed by atoms with Gasteiger partial charge < -0.3 is 14.6 Å². The van der Waals surface area contributed by atoms with Crippen LogP contribution < -0.4 is 10.1 Å². The van der Waals surface area contributed by atoms with E-state index in [1.807, 2.05) is 0 Å². The van der Waals surface area contributed by atoms with Gasteiger partial charge in [-0.25, -0.2) is 18.7 Å². The van der Waals surface area contributed by atoms with Crippen LogP contribution in [0.25, 0.3) is 11.0 Å². The summed E-state index contributed by atoms with van der Waals surface area (Å²) < 4.78 is 56.1. The molecular weight excluding hydrogens is 438 g/mol. The Kier molecular flexibility index (Phi) is 6.55. The fraction of sp³-hybridized carbons (Fsp3) is 0.316. The lowest BCUT2D eigenvalue weighted by Crippen LogP contribution is -2.34. The number of alkyl halides is 4. The van der Waals surface area contributed by atoms with Crippen LogP contribution in [0.4, 0.5) is 23.2 Å². The number of non-ortho nitro benzene ring substituents is 1. The average molecular weight is 455 g/mol. The molecule has 2 aromatic heterocycles. The van der Waals surface area contributed by atoms with Gasteiger partial charge in [-0.1, -0.05) is 12.1 Å². The van der Waals surface area contributed by atoms with Crippen LogP contribution in [0.1, 0.15) is 18.5 Å². The van der Waals surface area contributed by atoms with Crippen LogP contribution in [0.2, 0.25) is 0 Å². The summed E-state index contributed by atoms with van der Waals surface area (Å²) in [6.45, 7) is -0.119. The topological polar surface area (TPSA) is 112 Å². The molecule has 1 amide bonds. The Bertz CT molecular complexity index is 1120. The van der Waals surface area contributed by atoms with Gasteiger partial charge >= 0.3 is 12.3 Å². The highest BCUT2D eigenvalue weighted by molar-refractivity contribution is 5.87. The summed E-state index contributed by atoms with van der Waals surface area (Å²) in [5, 5.41) is 13.9. The van der Waals surface area contributed by atoms with E-state index in [9.17, 15) is 32.5 Å². The van der Waals surface area contributed by atoms with E-state index in [4.69, 9.17) is 0 Å². The monoisotopic (exact) mass is 455 g/mol. The van der Waals surface area contributed by atoms with E-state index in [0.717, 1.165) is 0 Å². The molecule has 0 radical (unpaired) electrons. The van der Waals surface area contributed by atoms with E-state index in [1.54, 1.807) is 13.0 Å². The summed E-state index contributed by atoms with van der Waals surface area (Å²) in [6, 6.07) is 6.49. The van der Waals surface area contributed by atoms with Crippen LogP contribution >= 0.6 is 0 Å². The summed E-state index contributed by atoms with van der Waals surface area (Å²) in [5.74, 6) is -5.04. The largest absolute Gasteiger partial charge is 0.471 e. The van der Waals surface area contributed by atoms with Crippen molar-refractivity contribution in [2.24, 2.45) is 0 Å². The molecule has 13 heteroatoms. The van der Waals surface area contributed by atoms with Gasteiger partial charge in [-0.2, -0.15) is 8.78 Å². The summed E-state index contributed by atoms with van der Waals surface area (Å²) in [6.07, 6.45) is -1.28. The molecule has 0 saturated carbocycles. The zero-order valence-corrected chi connectivity index (χ0v) is 16.5. The number of nitro groups is 1. The Morgan fingerprint density at radius 2 is 2.03 bits per heavy atom. The van der Waals surface area contributed by atoms with Gasteiger partial charge in [0.15, 0.2) is 6.61 Å². The number of carbonyl (C=O) groups is 1. The number of fused-ring (bicyclic) bond motifs is 1. The maximum Gasteiger partial charge on any atom is 0.340 e. The molecule has 3 rings (SSSR count). The lowest BCUT2D eigenvalue weighted by molar-refractivity contribution is -0.383. The van der Waals surface area contributed by atoms with Crippen LogP contribution in [0.15, 0.2) is 42.9 Å². The number of nitrogens with one attached hydrogen (secondary N) is 1. The number of pyridine rings is 1. The van der Waals surface area contributed by atoms with E-state index < -0.39 is 35.8 Å². The van der Waals surface area contributed by atoms with Gasteiger partial charge in [-0.05, 0) is 18.6 Å². The molecule has 32 heavy (non-hydrogen) atoms. The third kappa shape index (κ3) is 5.10. The fourth-order valence-electron chi connectivity index (χ4n) is 2.87. The molecule has 0 aliphatic heterocycles. The number of benzene rings is 1. The molecule has 1 unspecified atom stereocenters. The van der Waals surface area contributed by atoms with Crippen molar-refractivity contribution in [1.82, 2.24) is 19.9 Å². The number of carbonyl (C=O) groups excluding carboxylic acids is 1. The summed E-state index contributed by atoms with van der Waals surface area (Å²) in [4.78, 5) is 31.0. The number of halogens is 4. The van der Waals surface area contributed by atoms with Crippen molar-refractivity contribution in [1.29, 1.82) is 0 Å². The van der Waals surface area contributed by atoms with Crippen molar-refractivity contribution in [3.63, 3.8) is 0 Å². The van der Waals surface area contributed by atoms with Crippen molar-refractivity contribution in [2.45, 2.75) is 31.9 Å². The quantitative estimate of drug-likeness (QED) is 0.300. The second-order valence-electron chi connectivity index (χ2n) is 6.84. The lowest BCUT2D eigenvalue weighted by atomic mass is 10.1. The van der Waals surface area contributed by atoms with Crippen LogP contribution in [-0.2, 0) is 11.3 Å². The minimum Gasteiger partial charge on any atom is -0.471 e. The first kappa shape index (κ1) is 22.9. The van der Waals surface area contributed by atoms with Gasteiger partial charge in [0.2, 0.25) is 11.8 Å². The second kappa shape index (κ2) is 9.16. The number of amides is 1. The van der Waals surface area contributed by atoms with Crippen molar-refractivity contribution in [3.05, 3.63) is 58.5 Å². The molecule has 1 aromatic carbocycles. The highest BCUT2D eigenvalue weighted by Crippen LogP contribution is 2.25. The Balaban J connectivity index is 1.63. The average Bonchev–Trinajstić information content (AvgIpc) is 3.15. The van der Waals surface area contributed by atoms with E-state index in [0.29, 0.717) is 11.1 Å². The second-order valence-corrected chi connectivity index (χ2v) is 6.84. The molecule has 2 heterocycles. The number of aromatic nitrogens is 3. The van der Waals surface area contributed by atoms with Crippen molar-refractivity contribution in [2.75, 3.05) is 6.61 Å². The summed E-state index contributed by atoms with van der Waals surface area (Å²) in [5.41, 5.74) is 0.896. The molecule has 3 aromatic rings. The number of ether oxygens (including phenoxy) is 1. The summed E-state index contributed by atoms with van der Waals surface area (Å²) >= 11 is 0. The number of hydrogen-bond donors (Lipinski definition) is 1. The molecule has 0 saturated heterocycles. The third-order valence-corrected chi connectivity index (χ3v) is 4.50. The number of para-hydroxylation sites is 1. The molecule has 1 N–H and O–H groups in total. The smallest absolute Gasteiger partial charge is 0.340 e. The zero-order chi connectivity index (χ0) is 23.5. The Morgan fingerprint density at radius 1 is 1.28 bits per heavy atom. The SMILES string of the molecule is CC(NC(=O)Cn1cnc2cccc([N+](=O)[O-])c21)c1ccc(OCC(F)(F)C(F)F)nc1. The van der Waals surface area contributed by atoms with E-state index in [-0.39, 0.29) is 23.6 Å². The highest BCUT2D eigenvalue weighted by atomic mass is 19.3. The molecule has 0 aliphatic rings. The van der Waals surface area contributed by atoms with Crippen molar-refractivity contribution in [3.8, 4) is 5.88 Å². The van der Waals surface area contributed by atoms with Gasteiger partial charge in [0.05, 0.1) is 22.8 Å². The first-order valence-corrected chi connectivity index (χ1v) is 9.21.